The molecule has 1 aliphatic rings. The topological polar surface area (TPSA) is 103 Å². The van der Waals surface area contributed by atoms with Crippen LogP contribution in [-0.2, 0) is 0 Å². The number of aliphatic hydroxyl groups is 1. The number of nitrogen functional groups attached to an aromatic ring is 1. The van der Waals surface area contributed by atoms with E-state index in [9.17, 15) is 5.11 Å². The summed E-state index contributed by atoms with van der Waals surface area (Å²) in [5.74, 6) is 2.01. The Balaban J connectivity index is 1.87. The number of nitrogens with zero attached hydrogens (tertiary/aromatic N) is 2. The van der Waals surface area contributed by atoms with Crippen LogP contribution in [0, 0.1) is 5.41 Å². The number of aliphatic hydroxyl groups excluding tert-OH is 1. The molecular formula is C18H26N4O3. The van der Waals surface area contributed by atoms with E-state index in [4.69, 9.17) is 15.2 Å². The van der Waals surface area contributed by atoms with E-state index in [1.165, 1.54) is 0 Å². The zero-order valence-corrected chi connectivity index (χ0v) is 15.0. The molecule has 4 N–H and O–H groups in total. The lowest BCUT2D eigenvalue weighted by atomic mass is 9.73. The maximum Gasteiger partial charge on any atom is 0.225 e. The largest absolute Gasteiger partial charge is 0.493 e. The van der Waals surface area contributed by atoms with Crippen LogP contribution in [0.4, 0.5) is 11.8 Å². The molecule has 1 fully saturated rings. The number of hydrogen-bond donors (Lipinski definition) is 3. The third kappa shape index (κ3) is 3.42. The van der Waals surface area contributed by atoms with Crippen LogP contribution >= 0.6 is 0 Å². The molecule has 7 heteroatoms. The van der Waals surface area contributed by atoms with E-state index in [1.807, 2.05) is 0 Å². The molecule has 0 spiro atoms. The molecule has 1 saturated carbocycles. The summed E-state index contributed by atoms with van der Waals surface area (Å²) in [5.41, 5.74) is 6.61. The van der Waals surface area contributed by atoms with E-state index in [2.05, 4.69) is 22.2 Å². The summed E-state index contributed by atoms with van der Waals surface area (Å²) < 4.78 is 10.6. The Kier molecular flexibility index (Phi) is 4.85. The van der Waals surface area contributed by atoms with Crippen molar-refractivity contribution < 1.29 is 14.6 Å². The van der Waals surface area contributed by atoms with Gasteiger partial charge in [0.15, 0.2) is 11.5 Å². The van der Waals surface area contributed by atoms with Crippen LogP contribution in [0.2, 0.25) is 0 Å². The van der Waals surface area contributed by atoms with E-state index in [1.54, 1.807) is 26.4 Å². The molecule has 0 bridgehead atoms. The minimum atomic E-state index is -0.309. The number of fused-ring (bicyclic) bond motifs is 1. The standard InChI is InChI=1S/C18H26N4O3/c1-18(7-5-4-6-15(18)23)10-20-17-21-12-9-14(25-3)13(24-2)8-11(12)16(19)22-17/h8-9,15,23H,4-7,10H2,1-3H3,(H3,19,20,21,22). The van der Waals surface area contributed by atoms with Crippen LogP contribution in [0.25, 0.3) is 10.9 Å². The number of hydrogen-bond acceptors (Lipinski definition) is 7. The predicted molar refractivity (Wildman–Crippen MR) is 98.1 cm³/mol. The van der Waals surface area contributed by atoms with Gasteiger partial charge >= 0.3 is 0 Å². The number of methoxy groups -OCH3 is 2. The Hall–Kier alpha value is -2.28. The number of rotatable bonds is 5. The summed E-state index contributed by atoms with van der Waals surface area (Å²) in [6.07, 6.45) is 3.73. The second-order valence-electron chi connectivity index (χ2n) is 6.93. The van der Waals surface area contributed by atoms with Gasteiger partial charge in [0.25, 0.3) is 0 Å². The van der Waals surface area contributed by atoms with E-state index < -0.39 is 0 Å². The van der Waals surface area contributed by atoms with Crippen LogP contribution in [0.3, 0.4) is 0 Å². The lowest BCUT2D eigenvalue weighted by Gasteiger charge is -2.38. The van der Waals surface area contributed by atoms with E-state index in [0.717, 1.165) is 25.7 Å². The molecule has 0 amide bonds. The van der Waals surface area contributed by atoms with Crippen molar-refractivity contribution in [1.29, 1.82) is 0 Å². The number of benzene rings is 1. The first kappa shape index (κ1) is 17.5. The molecule has 3 rings (SSSR count). The van der Waals surface area contributed by atoms with Crippen LogP contribution in [0.1, 0.15) is 32.6 Å². The summed E-state index contributed by atoms with van der Waals surface area (Å²) in [6.45, 7) is 2.70. The van der Waals surface area contributed by atoms with E-state index in [0.29, 0.717) is 40.7 Å². The summed E-state index contributed by atoms with van der Waals surface area (Å²) in [5, 5.41) is 14.3. The Morgan fingerprint density at radius 2 is 1.96 bits per heavy atom. The number of anilines is 2. The van der Waals surface area contributed by atoms with Crippen molar-refractivity contribution >= 4 is 22.7 Å². The van der Waals surface area contributed by atoms with Crippen LogP contribution < -0.4 is 20.5 Å². The van der Waals surface area contributed by atoms with Gasteiger partial charge in [0.05, 0.1) is 25.8 Å². The van der Waals surface area contributed by atoms with Crippen molar-refractivity contribution in [2.24, 2.45) is 5.41 Å². The third-order valence-electron chi connectivity index (χ3n) is 5.16. The van der Waals surface area contributed by atoms with Gasteiger partial charge in [-0.1, -0.05) is 19.8 Å². The van der Waals surface area contributed by atoms with Crippen LogP contribution in [0.5, 0.6) is 11.5 Å². The number of aromatic nitrogens is 2. The molecule has 2 unspecified atom stereocenters. The molecule has 0 radical (unpaired) electrons. The Morgan fingerprint density at radius 1 is 1.24 bits per heavy atom. The lowest BCUT2D eigenvalue weighted by Crippen LogP contribution is -2.41. The zero-order chi connectivity index (χ0) is 18.0. The highest BCUT2D eigenvalue weighted by Gasteiger charge is 2.35. The minimum Gasteiger partial charge on any atom is -0.493 e. The zero-order valence-electron chi connectivity index (χ0n) is 15.0. The van der Waals surface area contributed by atoms with Crippen LogP contribution in [0.15, 0.2) is 12.1 Å². The fraction of sp³-hybridized carbons (Fsp3) is 0.556. The van der Waals surface area contributed by atoms with Gasteiger partial charge in [-0.05, 0) is 18.9 Å². The van der Waals surface area contributed by atoms with Crippen molar-refractivity contribution in [1.82, 2.24) is 9.97 Å². The maximum atomic E-state index is 10.3. The molecule has 0 aliphatic heterocycles. The highest BCUT2D eigenvalue weighted by Crippen LogP contribution is 2.37. The summed E-state index contributed by atoms with van der Waals surface area (Å²) in [4.78, 5) is 8.89. The van der Waals surface area contributed by atoms with E-state index in [-0.39, 0.29) is 11.5 Å². The second kappa shape index (κ2) is 6.92. The molecule has 25 heavy (non-hydrogen) atoms. The van der Waals surface area contributed by atoms with Crippen molar-refractivity contribution in [3.05, 3.63) is 12.1 Å². The average molecular weight is 346 g/mol. The Morgan fingerprint density at radius 3 is 2.64 bits per heavy atom. The normalized spacial score (nSPS) is 23.4. The molecule has 7 nitrogen and oxygen atoms in total. The Bertz CT molecular complexity index is 768. The maximum absolute atomic E-state index is 10.3. The first-order valence-electron chi connectivity index (χ1n) is 8.58. The summed E-state index contributed by atoms with van der Waals surface area (Å²) >= 11 is 0. The molecule has 1 aliphatic carbocycles. The van der Waals surface area contributed by atoms with Crippen LogP contribution in [-0.4, -0.2) is 41.9 Å². The number of nitrogens with one attached hydrogen (secondary N) is 1. The van der Waals surface area contributed by atoms with Gasteiger partial charge in [-0.3, -0.25) is 0 Å². The van der Waals surface area contributed by atoms with Gasteiger partial charge in [-0.15, -0.1) is 0 Å². The average Bonchev–Trinajstić information content (AvgIpc) is 2.61. The van der Waals surface area contributed by atoms with Gasteiger partial charge in [0, 0.05) is 23.4 Å². The van der Waals surface area contributed by atoms with Gasteiger partial charge in [-0.2, -0.15) is 4.98 Å². The molecule has 0 saturated heterocycles. The third-order valence-corrected chi connectivity index (χ3v) is 5.16. The lowest BCUT2D eigenvalue weighted by molar-refractivity contribution is 0.00954. The quantitative estimate of drug-likeness (QED) is 0.764. The molecule has 136 valence electrons. The molecule has 1 heterocycles. The predicted octanol–water partition coefficient (Wildman–Crippen LogP) is 2.58. The number of ether oxygens (including phenoxy) is 2. The Labute approximate surface area is 147 Å². The monoisotopic (exact) mass is 346 g/mol. The van der Waals surface area contributed by atoms with Gasteiger partial charge < -0.3 is 25.6 Å². The fourth-order valence-corrected chi connectivity index (χ4v) is 3.43. The first-order valence-corrected chi connectivity index (χ1v) is 8.58. The summed E-state index contributed by atoms with van der Waals surface area (Å²) in [7, 11) is 3.16. The smallest absolute Gasteiger partial charge is 0.225 e. The SMILES string of the molecule is COc1cc2nc(NCC3(C)CCCCC3O)nc(N)c2cc1OC. The van der Waals surface area contributed by atoms with Crippen molar-refractivity contribution in [2.75, 3.05) is 31.8 Å². The first-order chi connectivity index (χ1) is 12.0. The molecule has 1 aromatic carbocycles. The molecule has 2 aromatic rings. The molecular weight excluding hydrogens is 320 g/mol. The van der Waals surface area contributed by atoms with Crippen molar-refractivity contribution in [3.63, 3.8) is 0 Å². The molecule has 2 atom stereocenters. The van der Waals surface area contributed by atoms with E-state index >= 15 is 0 Å². The van der Waals surface area contributed by atoms with Crippen molar-refractivity contribution in [2.45, 2.75) is 38.7 Å². The van der Waals surface area contributed by atoms with Gasteiger partial charge in [0.2, 0.25) is 5.95 Å². The highest BCUT2D eigenvalue weighted by molar-refractivity contribution is 5.91. The van der Waals surface area contributed by atoms with Gasteiger partial charge in [-0.25, -0.2) is 4.98 Å². The second-order valence-corrected chi connectivity index (χ2v) is 6.93. The van der Waals surface area contributed by atoms with Gasteiger partial charge in [0.1, 0.15) is 5.82 Å². The van der Waals surface area contributed by atoms with Crippen molar-refractivity contribution in [3.8, 4) is 11.5 Å². The minimum absolute atomic E-state index is 0.178. The number of nitrogens with two attached hydrogens (primary N) is 1. The summed E-state index contributed by atoms with van der Waals surface area (Å²) in [6, 6.07) is 3.56. The molecule has 1 aromatic heterocycles. The fourth-order valence-electron chi connectivity index (χ4n) is 3.43. The highest BCUT2D eigenvalue weighted by atomic mass is 16.5.